The van der Waals surface area contributed by atoms with Gasteiger partial charge in [-0.25, -0.2) is 5.84 Å². The van der Waals surface area contributed by atoms with E-state index in [0.29, 0.717) is 6.42 Å². The lowest BCUT2D eigenvalue weighted by Gasteiger charge is -2.29. The molecule has 90 valence electrons. The van der Waals surface area contributed by atoms with E-state index in [1.165, 1.54) is 0 Å². The Hall–Kier alpha value is -0.650. The quantitative estimate of drug-likeness (QED) is 0.324. The number of aliphatic hydroxyl groups is 1. The average Bonchev–Trinajstić information content (AvgIpc) is 2.22. The Labute approximate surface area is 91.6 Å². The van der Waals surface area contributed by atoms with Crippen LogP contribution < -0.4 is 11.3 Å². The first-order valence-corrected chi connectivity index (χ1v) is 5.28. The van der Waals surface area contributed by atoms with E-state index in [9.17, 15) is 4.79 Å². The number of hydrogen-bond donors (Lipinski definition) is 3. The van der Waals surface area contributed by atoms with Gasteiger partial charge in [0, 0.05) is 12.6 Å². The zero-order valence-corrected chi connectivity index (χ0v) is 10.0. The third-order valence-corrected chi connectivity index (χ3v) is 2.87. The van der Waals surface area contributed by atoms with E-state index in [0.717, 1.165) is 6.54 Å². The number of hydrazine groups is 1. The standard InChI is InChI=1S/C10H23N3O2/c1-7(14)5-6-13(4)9(3)8(2)10(15)12-11/h7-9,14H,5-6,11H2,1-4H3,(H,12,15). The second-order valence-electron chi connectivity index (χ2n) is 4.16. The van der Waals surface area contributed by atoms with Crippen LogP contribution in [0.2, 0.25) is 0 Å². The van der Waals surface area contributed by atoms with Crippen molar-refractivity contribution in [2.24, 2.45) is 11.8 Å². The first-order valence-electron chi connectivity index (χ1n) is 5.28. The normalized spacial score (nSPS) is 17.3. The van der Waals surface area contributed by atoms with E-state index in [1.54, 1.807) is 6.92 Å². The molecule has 0 aliphatic heterocycles. The lowest BCUT2D eigenvalue weighted by atomic mass is 10.0. The summed E-state index contributed by atoms with van der Waals surface area (Å²) in [6, 6.07) is 0.104. The first-order chi connectivity index (χ1) is 6.90. The van der Waals surface area contributed by atoms with E-state index in [-0.39, 0.29) is 24.0 Å². The fraction of sp³-hybridized carbons (Fsp3) is 0.900. The largest absolute Gasteiger partial charge is 0.393 e. The highest BCUT2D eigenvalue weighted by molar-refractivity contribution is 5.78. The van der Waals surface area contributed by atoms with Gasteiger partial charge in [0.25, 0.3) is 0 Å². The van der Waals surface area contributed by atoms with Crippen molar-refractivity contribution < 1.29 is 9.90 Å². The summed E-state index contributed by atoms with van der Waals surface area (Å²) in [6.45, 7) is 6.34. The SMILES string of the molecule is CC(O)CCN(C)C(C)C(C)C(=O)NN. The molecule has 0 saturated heterocycles. The van der Waals surface area contributed by atoms with E-state index >= 15 is 0 Å². The minimum Gasteiger partial charge on any atom is -0.393 e. The van der Waals surface area contributed by atoms with E-state index < -0.39 is 0 Å². The van der Waals surface area contributed by atoms with Crippen LogP contribution in [0.15, 0.2) is 0 Å². The van der Waals surface area contributed by atoms with Gasteiger partial charge in [-0.1, -0.05) is 6.92 Å². The van der Waals surface area contributed by atoms with Crippen molar-refractivity contribution in [1.29, 1.82) is 0 Å². The minimum atomic E-state index is -0.307. The molecule has 5 nitrogen and oxygen atoms in total. The van der Waals surface area contributed by atoms with E-state index in [2.05, 4.69) is 5.43 Å². The van der Waals surface area contributed by atoms with Crippen LogP contribution in [0.5, 0.6) is 0 Å². The number of nitrogens with zero attached hydrogens (tertiary/aromatic N) is 1. The molecule has 0 heterocycles. The molecule has 0 aliphatic carbocycles. The third-order valence-electron chi connectivity index (χ3n) is 2.87. The van der Waals surface area contributed by atoms with E-state index in [1.807, 2.05) is 25.8 Å². The fourth-order valence-electron chi connectivity index (χ4n) is 1.33. The number of nitrogens with one attached hydrogen (secondary N) is 1. The molecule has 0 aromatic rings. The third kappa shape index (κ3) is 5.11. The Morgan fingerprint density at radius 1 is 1.47 bits per heavy atom. The van der Waals surface area contributed by atoms with Crippen molar-refractivity contribution in [3.8, 4) is 0 Å². The summed E-state index contributed by atoms with van der Waals surface area (Å²) in [5, 5.41) is 9.15. The second-order valence-corrected chi connectivity index (χ2v) is 4.16. The summed E-state index contributed by atoms with van der Waals surface area (Å²) in [5.41, 5.74) is 2.15. The van der Waals surface area contributed by atoms with Crippen LogP contribution in [-0.4, -0.2) is 41.7 Å². The molecule has 15 heavy (non-hydrogen) atoms. The summed E-state index contributed by atoms with van der Waals surface area (Å²) in [7, 11) is 1.94. The Kier molecular flexibility index (Phi) is 6.47. The topological polar surface area (TPSA) is 78.6 Å². The maximum Gasteiger partial charge on any atom is 0.238 e. The van der Waals surface area contributed by atoms with Crippen molar-refractivity contribution in [3.63, 3.8) is 0 Å². The Balaban J connectivity index is 4.06. The molecule has 3 unspecified atom stereocenters. The minimum absolute atomic E-state index is 0.104. The summed E-state index contributed by atoms with van der Waals surface area (Å²) in [4.78, 5) is 13.3. The zero-order valence-electron chi connectivity index (χ0n) is 10.0. The van der Waals surface area contributed by atoms with Crippen LogP contribution in [0.3, 0.4) is 0 Å². The smallest absolute Gasteiger partial charge is 0.238 e. The van der Waals surface area contributed by atoms with Gasteiger partial charge in [-0.15, -0.1) is 0 Å². The molecule has 4 N–H and O–H groups in total. The second kappa shape index (κ2) is 6.76. The number of amides is 1. The van der Waals surface area contributed by atoms with Crippen LogP contribution in [0.1, 0.15) is 27.2 Å². The van der Waals surface area contributed by atoms with Gasteiger partial charge in [0.15, 0.2) is 0 Å². The molecule has 3 atom stereocenters. The predicted octanol–water partition coefficient (Wildman–Crippen LogP) is -0.296. The number of hydrogen-bond acceptors (Lipinski definition) is 4. The zero-order chi connectivity index (χ0) is 12.0. The summed E-state index contributed by atoms with van der Waals surface area (Å²) in [6.07, 6.45) is 0.399. The number of aliphatic hydroxyl groups excluding tert-OH is 1. The highest BCUT2D eigenvalue weighted by Crippen LogP contribution is 2.10. The molecular weight excluding hydrogens is 194 g/mol. The van der Waals surface area contributed by atoms with Gasteiger partial charge in [-0.05, 0) is 27.3 Å². The lowest BCUT2D eigenvalue weighted by molar-refractivity contribution is -0.126. The molecule has 0 fully saturated rings. The molecular formula is C10H23N3O2. The van der Waals surface area contributed by atoms with Crippen LogP contribution in [-0.2, 0) is 4.79 Å². The van der Waals surface area contributed by atoms with Crippen molar-refractivity contribution in [1.82, 2.24) is 10.3 Å². The van der Waals surface area contributed by atoms with Gasteiger partial charge >= 0.3 is 0 Å². The lowest BCUT2D eigenvalue weighted by Crippen LogP contribution is -2.45. The molecule has 0 spiro atoms. The molecule has 0 aromatic carbocycles. The van der Waals surface area contributed by atoms with Gasteiger partial charge in [0.05, 0.1) is 12.0 Å². The Morgan fingerprint density at radius 3 is 2.40 bits per heavy atom. The van der Waals surface area contributed by atoms with Gasteiger partial charge in [0.1, 0.15) is 0 Å². The molecule has 5 heteroatoms. The molecule has 0 rings (SSSR count). The Bertz CT molecular complexity index is 197. The molecule has 0 saturated carbocycles. The number of rotatable bonds is 6. The summed E-state index contributed by atoms with van der Waals surface area (Å²) >= 11 is 0. The molecule has 0 radical (unpaired) electrons. The number of nitrogens with two attached hydrogens (primary N) is 1. The van der Waals surface area contributed by atoms with Gasteiger partial charge in [-0.2, -0.15) is 0 Å². The van der Waals surface area contributed by atoms with E-state index in [4.69, 9.17) is 10.9 Å². The average molecular weight is 217 g/mol. The van der Waals surface area contributed by atoms with Crippen LogP contribution in [0.4, 0.5) is 0 Å². The summed E-state index contributed by atoms with van der Waals surface area (Å²) in [5.74, 6) is 4.76. The van der Waals surface area contributed by atoms with Crippen LogP contribution >= 0.6 is 0 Å². The summed E-state index contributed by atoms with van der Waals surface area (Å²) < 4.78 is 0. The van der Waals surface area contributed by atoms with Crippen molar-refractivity contribution in [2.75, 3.05) is 13.6 Å². The van der Waals surface area contributed by atoms with Crippen LogP contribution in [0.25, 0.3) is 0 Å². The highest BCUT2D eigenvalue weighted by Gasteiger charge is 2.22. The molecule has 0 aromatic heterocycles. The monoisotopic (exact) mass is 217 g/mol. The molecule has 0 bridgehead atoms. The Morgan fingerprint density at radius 2 is 2.00 bits per heavy atom. The molecule has 1 amide bonds. The van der Waals surface area contributed by atoms with Crippen molar-refractivity contribution in [3.05, 3.63) is 0 Å². The first kappa shape index (κ1) is 14.3. The molecule has 0 aliphatic rings. The maximum atomic E-state index is 11.3. The van der Waals surface area contributed by atoms with Gasteiger partial charge in [0.2, 0.25) is 5.91 Å². The number of carbonyl (C=O) groups excluding carboxylic acids is 1. The van der Waals surface area contributed by atoms with Gasteiger partial charge < -0.3 is 10.0 Å². The van der Waals surface area contributed by atoms with Gasteiger partial charge in [-0.3, -0.25) is 10.2 Å². The van der Waals surface area contributed by atoms with Crippen LogP contribution in [0, 0.1) is 5.92 Å². The maximum absolute atomic E-state index is 11.3. The highest BCUT2D eigenvalue weighted by atomic mass is 16.3. The van der Waals surface area contributed by atoms with Crippen molar-refractivity contribution in [2.45, 2.75) is 39.3 Å². The predicted molar refractivity (Wildman–Crippen MR) is 59.9 cm³/mol. The number of carbonyl (C=O) groups is 1. The van der Waals surface area contributed by atoms with Crippen molar-refractivity contribution >= 4 is 5.91 Å². The fourth-order valence-corrected chi connectivity index (χ4v) is 1.33.